The van der Waals surface area contributed by atoms with Crippen LogP contribution in [0.1, 0.15) is 43.4 Å². The van der Waals surface area contributed by atoms with Crippen LogP contribution in [0.5, 0.6) is 0 Å². The summed E-state index contributed by atoms with van der Waals surface area (Å²) in [6, 6.07) is 16.5. The highest BCUT2D eigenvalue weighted by Crippen LogP contribution is 2.31. The summed E-state index contributed by atoms with van der Waals surface area (Å²) in [4.78, 5) is 25.0. The molecule has 0 aliphatic rings. The summed E-state index contributed by atoms with van der Waals surface area (Å²) in [7, 11) is 1.31. The van der Waals surface area contributed by atoms with Gasteiger partial charge in [0, 0.05) is 5.92 Å². The first-order chi connectivity index (χ1) is 12.7. The molecule has 0 aliphatic carbocycles. The number of hydrogen-bond acceptors (Lipinski definition) is 4. The lowest BCUT2D eigenvalue weighted by molar-refractivity contribution is -0.143. The maximum Gasteiger partial charge on any atom is 0.408 e. The zero-order valence-corrected chi connectivity index (χ0v) is 16.5. The van der Waals surface area contributed by atoms with Crippen LogP contribution in [0.15, 0.2) is 54.6 Å². The lowest BCUT2D eigenvalue weighted by Gasteiger charge is -2.29. The third kappa shape index (κ3) is 5.58. The van der Waals surface area contributed by atoms with Gasteiger partial charge in [0.2, 0.25) is 0 Å². The van der Waals surface area contributed by atoms with Crippen LogP contribution >= 0.6 is 0 Å². The summed E-state index contributed by atoms with van der Waals surface area (Å²) in [5.74, 6) is -0.940. The predicted molar refractivity (Wildman–Crippen MR) is 105 cm³/mol. The zero-order chi connectivity index (χ0) is 20.0. The largest absolute Gasteiger partial charge is 0.467 e. The molecule has 1 N–H and O–H groups in total. The number of amides is 1. The van der Waals surface area contributed by atoms with E-state index in [1.165, 1.54) is 7.11 Å². The van der Waals surface area contributed by atoms with Crippen LogP contribution in [0, 0.1) is 6.92 Å². The van der Waals surface area contributed by atoms with Crippen LogP contribution in [0.2, 0.25) is 0 Å². The summed E-state index contributed by atoms with van der Waals surface area (Å²) in [5, 5.41) is 2.71. The molecule has 0 spiro atoms. The molecule has 5 heteroatoms. The van der Waals surface area contributed by atoms with Crippen LogP contribution in [0.4, 0.5) is 4.79 Å². The molecular formula is C22H27NO4. The van der Waals surface area contributed by atoms with Crippen molar-refractivity contribution in [1.82, 2.24) is 5.32 Å². The van der Waals surface area contributed by atoms with Gasteiger partial charge in [-0.1, -0.05) is 54.6 Å². The van der Waals surface area contributed by atoms with E-state index in [1.54, 1.807) is 20.8 Å². The molecule has 5 nitrogen and oxygen atoms in total. The summed E-state index contributed by atoms with van der Waals surface area (Å²) in [5.41, 5.74) is 2.19. The molecule has 0 heterocycles. The SMILES string of the molecule is COC(=O)[C@@H](NC(=O)OC(C)(C)C)C(c1ccccc1)c1ccccc1C. The number of benzene rings is 2. The number of aryl methyl sites for hydroxylation is 1. The van der Waals surface area contributed by atoms with Crippen LogP contribution in [-0.4, -0.2) is 30.8 Å². The van der Waals surface area contributed by atoms with Gasteiger partial charge in [-0.3, -0.25) is 0 Å². The topological polar surface area (TPSA) is 64.6 Å². The van der Waals surface area contributed by atoms with Crippen molar-refractivity contribution in [3.05, 3.63) is 71.3 Å². The molecule has 2 atom stereocenters. The van der Waals surface area contributed by atoms with Crippen molar-refractivity contribution in [2.75, 3.05) is 7.11 Å². The summed E-state index contributed by atoms with van der Waals surface area (Å²) in [6.45, 7) is 7.30. The Balaban J connectivity index is 2.49. The molecule has 0 aromatic heterocycles. The second-order valence-electron chi connectivity index (χ2n) is 7.39. The number of methoxy groups -OCH3 is 1. The molecule has 2 aromatic carbocycles. The van der Waals surface area contributed by atoms with Crippen molar-refractivity contribution in [2.24, 2.45) is 0 Å². The fourth-order valence-corrected chi connectivity index (χ4v) is 2.99. The summed E-state index contributed by atoms with van der Waals surface area (Å²) < 4.78 is 10.4. The van der Waals surface area contributed by atoms with Crippen molar-refractivity contribution in [3.8, 4) is 0 Å². The van der Waals surface area contributed by atoms with E-state index in [-0.39, 0.29) is 0 Å². The van der Waals surface area contributed by atoms with Crippen LogP contribution in [0.25, 0.3) is 0 Å². The van der Waals surface area contributed by atoms with E-state index in [9.17, 15) is 9.59 Å². The van der Waals surface area contributed by atoms with Crippen molar-refractivity contribution < 1.29 is 19.1 Å². The second-order valence-corrected chi connectivity index (χ2v) is 7.39. The average molecular weight is 369 g/mol. The number of carbonyl (C=O) groups excluding carboxylic acids is 2. The molecule has 2 aromatic rings. The number of carbonyl (C=O) groups is 2. The Morgan fingerprint density at radius 1 is 0.963 bits per heavy atom. The number of esters is 1. The van der Waals surface area contributed by atoms with Crippen molar-refractivity contribution in [2.45, 2.75) is 45.3 Å². The maximum atomic E-state index is 12.6. The van der Waals surface area contributed by atoms with Crippen molar-refractivity contribution in [1.29, 1.82) is 0 Å². The van der Waals surface area contributed by atoms with E-state index in [4.69, 9.17) is 9.47 Å². The molecule has 0 radical (unpaired) electrons. The molecule has 0 aliphatic heterocycles. The van der Waals surface area contributed by atoms with Gasteiger partial charge in [0.05, 0.1) is 7.11 Å². The van der Waals surface area contributed by atoms with Gasteiger partial charge in [0.25, 0.3) is 0 Å². The molecule has 144 valence electrons. The van der Waals surface area contributed by atoms with Crippen molar-refractivity contribution >= 4 is 12.1 Å². The first-order valence-corrected chi connectivity index (χ1v) is 8.90. The van der Waals surface area contributed by atoms with Gasteiger partial charge in [-0.25, -0.2) is 9.59 Å². The van der Waals surface area contributed by atoms with Crippen LogP contribution in [0.3, 0.4) is 0 Å². The molecule has 0 bridgehead atoms. The van der Waals surface area contributed by atoms with Gasteiger partial charge in [0.15, 0.2) is 0 Å². The molecule has 0 fully saturated rings. The Morgan fingerprint density at radius 2 is 1.56 bits per heavy atom. The Hall–Kier alpha value is -2.82. The monoisotopic (exact) mass is 369 g/mol. The number of hydrogen-bond donors (Lipinski definition) is 1. The Morgan fingerprint density at radius 3 is 2.11 bits per heavy atom. The van der Waals surface area contributed by atoms with Gasteiger partial charge < -0.3 is 14.8 Å². The molecular weight excluding hydrogens is 342 g/mol. The zero-order valence-electron chi connectivity index (χ0n) is 16.5. The first kappa shape index (κ1) is 20.5. The van der Waals surface area contributed by atoms with E-state index in [1.807, 2.05) is 61.5 Å². The number of rotatable bonds is 5. The molecule has 0 saturated carbocycles. The van der Waals surface area contributed by atoms with Crippen molar-refractivity contribution in [3.63, 3.8) is 0 Å². The standard InChI is InChI=1S/C22H27NO4/c1-15-11-9-10-14-17(15)18(16-12-7-6-8-13-16)19(20(24)26-5)23-21(25)27-22(2,3)4/h6-14,18-19H,1-5H3,(H,23,25)/t18?,19-/m0/s1. The highest BCUT2D eigenvalue weighted by molar-refractivity contribution is 5.83. The highest BCUT2D eigenvalue weighted by Gasteiger charge is 2.35. The van der Waals surface area contributed by atoms with Crippen LogP contribution in [-0.2, 0) is 14.3 Å². The minimum Gasteiger partial charge on any atom is -0.467 e. The number of nitrogens with one attached hydrogen (secondary N) is 1. The predicted octanol–water partition coefficient (Wildman–Crippen LogP) is 4.19. The molecule has 2 rings (SSSR count). The van der Waals surface area contributed by atoms with Gasteiger partial charge >= 0.3 is 12.1 Å². The third-order valence-electron chi connectivity index (χ3n) is 4.14. The van der Waals surface area contributed by atoms with Gasteiger partial charge in [-0.15, -0.1) is 0 Å². The highest BCUT2D eigenvalue weighted by atomic mass is 16.6. The Bertz CT molecular complexity index is 780. The number of ether oxygens (including phenoxy) is 2. The van der Waals surface area contributed by atoms with E-state index in [0.29, 0.717) is 0 Å². The minimum atomic E-state index is -0.923. The minimum absolute atomic E-state index is 0.410. The van der Waals surface area contributed by atoms with Gasteiger partial charge in [0.1, 0.15) is 11.6 Å². The summed E-state index contributed by atoms with van der Waals surface area (Å²) in [6.07, 6.45) is -0.660. The van der Waals surface area contributed by atoms with E-state index >= 15 is 0 Å². The van der Waals surface area contributed by atoms with Gasteiger partial charge in [-0.2, -0.15) is 0 Å². The second kappa shape index (κ2) is 8.71. The van der Waals surface area contributed by atoms with Crippen LogP contribution < -0.4 is 5.32 Å². The normalized spacial score (nSPS) is 13.4. The fourth-order valence-electron chi connectivity index (χ4n) is 2.99. The molecule has 1 unspecified atom stereocenters. The molecule has 27 heavy (non-hydrogen) atoms. The molecule has 1 amide bonds. The lowest BCUT2D eigenvalue weighted by atomic mass is 9.83. The Kier molecular flexibility index (Phi) is 6.61. The first-order valence-electron chi connectivity index (χ1n) is 8.90. The Labute approximate surface area is 160 Å². The number of alkyl carbamates (subject to hydrolysis) is 1. The third-order valence-corrected chi connectivity index (χ3v) is 4.14. The lowest BCUT2D eigenvalue weighted by Crippen LogP contribution is -2.47. The smallest absolute Gasteiger partial charge is 0.408 e. The average Bonchev–Trinajstić information content (AvgIpc) is 2.61. The fraction of sp³-hybridized carbons (Fsp3) is 0.364. The van der Waals surface area contributed by atoms with E-state index < -0.39 is 29.6 Å². The van der Waals surface area contributed by atoms with E-state index in [2.05, 4.69) is 5.32 Å². The summed E-state index contributed by atoms with van der Waals surface area (Å²) >= 11 is 0. The quantitative estimate of drug-likeness (QED) is 0.803. The molecule has 0 saturated heterocycles. The van der Waals surface area contributed by atoms with Gasteiger partial charge in [-0.05, 0) is 44.4 Å². The van der Waals surface area contributed by atoms with E-state index in [0.717, 1.165) is 16.7 Å². The maximum absolute atomic E-state index is 12.6.